The number of hydrogen-bond donors (Lipinski definition) is 2. The minimum Gasteiger partial charge on any atom is -0.477 e. The zero-order valence-electron chi connectivity index (χ0n) is 9.78. The number of aryl methyl sites for hydroxylation is 1. The van der Waals surface area contributed by atoms with Crippen LogP contribution in [-0.2, 0) is 6.54 Å². The van der Waals surface area contributed by atoms with Crippen LogP contribution in [0.15, 0.2) is 36.8 Å². The van der Waals surface area contributed by atoms with Gasteiger partial charge in [0.1, 0.15) is 5.69 Å². The molecular weight excluding hydrogens is 232 g/mol. The van der Waals surface area contributed by atoms with E-state index >= 15 is 0 Å². The van der Waals surface area contributed by atoms with Crippen molar-refractivity contribution in [2.75, 3.05) is 11.9 Å². The van der Waals surface area contributed by atoms with Crippen LogP contribution in [0.1, 0.15) is 16.9 Å². The van der Waals surface area contributed by atoms with Crippen molar-refractivity contribution in [3.05, 3.63) is 42.5 Å². The monoisotopic (exact) mass is 246 g/mol. The van der Waals surface area contributed by atoms with Crippen LogP contribution in [0, 0.1) is 0 Å². The number of rotatable bonds is 6. The fourth-order valence-corrected chi connectivity index (χ4v) is 1.56. The van der Waals surface area contributed by atoms with Gasteiger partial charge in [-0.2, -0.15) is 5.10 Å². The average Bonchev–Trinajstić information content (AvgIpc) is 2.88. The van der Waals surface area contributed by atoms with Crippen LogP contribution < -0.4 is 5.32 Å². The third kappa shape index (κ3) is 3.31. The number of carboxylic acid groups (broad SMARTS) is 1. The maximum absolute atomic E-state index is 10.7. The summed E-state index contributed by atoms with van der Waals surface area (Å²) in [6, 6.07) is 5.16. The van der Waals surface area contributed by atoms with Crippen molar-refractivity contribution in [2.24, 2.45) is 0 Å². The molecule has 2 N–H and O–H groups in total. The summed E-state index contributed by atoms with van der Waals surface area (Å²) in [7, 11) is 0. The Morgan fingerprint density at radius 3 is 3.06 bits per heavy atom. The van der Waals surface area contributed by atoms with Crippen molar-refractivity contribution in [1.29, 1.82) is 0 Å². The summed E-state index contributed by atoms with van der Waals surface area (Å²) in [5.41, 5.74) is 0.815. The molecule has 0 radical (unpaired) electrons. The van der Waals surface area contributed by atoms with Crippen molar-refractivity contribution in [1.82, 2.24) is 14.8 Å². The maximum Gasteiger partial charge on any atom is 0.354 e. The van der Waals surface area contributed by atoms with E-state index in [2.05, 4.69) is 15.4 Å². The summed E-state index contributed by atoms with van der Waals surface area (Å²) in [6.07, 6.45) is 6.05. The van der Waals surface area contributed by atoms with E-state index in [4.69, 9.17) is 5.11 Å². The predicted octanol–water partition coefficient (Wildman–Crippen LogP) is 1.48. The normalized spacial score (nSPS) is 10.2. The largest absolute Gasteiger partial charge is 0.477 e. The number of hydrogen-bond acceptors (Lipinski definition) is 4. The third-order valence-electron chi connectivity index (χ3n) is 2.43. The highest BCUT2D eigenvalue weighted by Crippen LogP contribution is 2.07. The number of carboxylic acids is 1. The van der Waals surface area contributed by atoms with E-state index in [1.54, 1.807) is 12.3 Å². The lowest BCUT2D eigenvalue weighted by molar-refractivity contribution is 0.0690. The lowest BCUT2D eigenvalue weighted by Gasteiger charge is -2.06. The first-order valence-corrected chi connectivity index (χ1v) is 5.66. The van der Waals surface area contributed by atoms with Crippen molar-refractivity contribution >= 4 is 11.7 Å². The van der Waals surface area contributed by atoms with E-state index in [-0.39, 0.29) is 5.69 Å². The molecule has 2 aromatic rings. The van der Waals surface area contributed by atoms with Gasteiger partial charge in [0.15, 0.2) is 0 Å². The van der Waals surface area contributed by atoms with Gasteiger partial charge in [0.2, 0.25) is 0 Å². The lowest BCUT2D eigenvalue weighted by Crippen LogP contribution is -2.08. The molecule has 0 saturated heterocycles. The molecule has 0 unspecified atom stereocenters. The Kier molecular flexibility index (Phi) is 3.90. The second kappa shape index (κ2) is 5.81. The van der Waals surface area contributed by atoms with E-state index in [0.29, 0.717) is 0 Å². The molecule has 0 atom stereocenters. The highest BCUT2D eigenvalue weighted by molar-refractivity contribution is 5.86. The molecule has 94 valence electrons. The summed E-state index contributed by atoms with van der Waals surface area (Å²) in [6.45, 7) is 1.58. The number of nitrogens with one attached hydrogen (secondary N) is 1. The number of pyridine rings is 1. The highest BCUT2D eigenvalue weighted by Gasteiger charge is 2.04. The minimum atomic E-state index is -1.02. The van der Waals surface area contributed by atoms with Crippen molar-refractivity contribution < 1.29 is 9.90 Å². The first-order chi connectivity index (χ1) is 8.75. The molecule has 0 saturated carbocycles. The molecule has 6 nitrogen and oxygen atoms in total. The third-order valence-corrected chi connectivity index (χ3v) is 2.43. The minimum absolute atomic E-state index is 0.0482. The maximum atomic E-state index is 10.7. The fourth-order valence-electron chi connectivity index (χ4n) is 1.56. The summed E-state index contributed by atoms with van der Waals surface area (Å²) in [5, 5.41) is 16.1. The molecule has 0 fully saturated rings. The summed E-state index contributed by atoms with van der Waals surface area (Å²) >= 11 is 0. The Bertz CT molecular complexity index is 511. The van der Waals surface area contributed by atoms with E-state index in [1.165, 1.54) is 12.3 Å². The molecule has 18 heavy (non-hydrogen) atoms. The SMILES string of the molecule is O=C(O)c1cc(NCCCn2cccn2)ccn1. The molecular formula is C12H14N4O2. The quantitative estimate of drug-likeness (QED) is 0.754. The molecule has 2 heterocycles. The molecule has 0 aliphatic heterocycles. The molecule has 2 rings (SSSR count). The van der Waals surface area contributed by atoms with Crippen molar-refractivity contribution in [3.8, 4) is 0 Å². The smallest absolute Gasteiger partial charge is 0.354 e. The van der Waals surface area contributed by atoms with E-state index in [1.807, 2.05) is 16.9 Å². The second-order valence-corrected chi connectivity index (χ2v) is 3.78. The molecule has 0 spiro atoms. The van der Waals surface area contributed by atoms with Crippen molar-refractivity contribution in [2.45, 2.75) is 13.0 Å². The predicted molar refractivity (Wildman–Crippen MR) is 66.5 cm³/mol. The number of aromatic nitrogens is 3. The van der Waals surface area contributed by atoms with Gasteiger partial charge >= 0.3 is 5.97 Å². The molecule has 2 aromatic heterocycles. The van der Waals surface area contributed by atoms with Crippen LogP contribution in [0.4, 0.5) is 5.69 Å². The van der Waals surface area contributed by atoms with E-state index in [9.17, 15) is 4.79 Å². The standard InChI is InChI=1S/C12H14N4O2/c17-12(18)11-9-10(3-6-14-11)13-4-1-7-16-8-2-5-15-16/h2-3,5-6,8-9H,1,4,7H2,(H,13,14)(H,17,18). The van der Waals surface area contributed by atoms with Gasteiger partial charge in [-0.15, -0.1) is 0 Å². The number of carbonyl (C=O) groups is 1. The molecule has 0 aromatic carbocycles. The van der Waals surface area contributed by atoms with E-state index < -0.39 is 5.97 Å². The van der Waals surface area contributed by atoms with Crippen molar-refractivity contribution in [3.63, 3.8) is 0 Å². The number of aromatic carboxylic acids is 1. The van der Waals surface area contributed by atoms with Gasteiger partial charge in [-0.25, -0.2) is 9.78 Å². The fraction of sp³-hybridized carbons (Fsp3) is 0.250. The second-order valence-electron chi connectivity index (χ2n) is 3.78. The molecule has 0 aliphatic carbocycles. The van der Waals surface area contributed by atoms with Gasteiger partial charge in [-0.1, -0.05) is 0 Å². The summed E-state index contributed by atoms with van der Waals surface area (Å²) < 4.78 is 1.86. The molecule has 6 heteroatoms. The van der Waals surface area contributed by atoms with E-state index in [0.717, 1.165) is 25.2 Å². The number of anilines is 1. The Labute approximate surface area is 104 Å². The lowest BCUT2D eigenvalue weighted by atomic mass is 10.3. The van der Waals surface area contributed by atoms with Gasteiger partial charge in [-0.05, 0) is 24.6 Å². The van der Waals surface area contributed by atoms with Gasteiger partial charge in [0.05, 0.1) is 0 Å². The Balaban J connectivity index is 1.79. The van der Waals surface area contributed by atoms with Gasteiger partial charge in [-0.3, -0.25) is 4.68 Å². The molecule has 0 bridgehead atoms. The Hall–Kier alpha value is -2.37. The molecule has 0 aliphatic rings. The van der Waals surface area contributed by atoms with Gasteiger partial charge in [0, 0.05) is 37.4 Å². The Morgan fingerprint density at radius 1 is 1.44 bits per heavy atom. The highest BCUT2D eigenvalue weighted by atomic mass is 16.4. The number of nitrogens with zero attached hydrogens (tertiary/aromatic N) is 3. The summed E-state index contributed by atoms with van der Waals surface area (Å²) in [4.78, 5) is 14.5. The van der Waals surface area contributed by atoms with Crippen LogP contribution in [0.25, 0.3) is 0 Å². The topological polar surface area (TPSA) is 80.0 Å². The first-order valence-electron chi connectivity index (χ1n) is 5.66. The zero-order valence-corrected chi connectivity index (χ0v) is 9.78. The van der Waals surface area contributed by atoms with Crippen LogP contribution >= 0.6 is 0 Å². The zero-order chi connectivity index (χ0) is 12.8. The van der Waals surface area contributed by atoms with Crippen LogP contribution in [-0.4, -0.2) is 32.4 Å². The molecule has 0 amide bonds. The average molecular weight is 246 g/mol. The van der Waals surface area contributed by atoms with Crippen LogP contribution in [0.3, 0.4) is 0 Å². The Morgan fingerprint density at radius 2 is 2.33 bits per heavy atom. The summed E-state index contributed by atoms with van der Waals surface area (Å²) in [5.74, 6) is -1.02. The first kappa shape index (κ1) is 12.1. The van der Waals surface area contributed by atoms with Crippen LogP contribution in [0.2, 0.25) is 0 Å². The van der Waals surface area contributed by atoms with Crippen LogP contribution in [0.5, 0.6) is 0 Å². The van der Waals surface area contributed by atoms with Gasteiger partial charge in [0.25, 0.3) is 0 Å². The van der Waals surface area contributed by atoms with Gasteiger partial charge < -0.3 is 10.4 Å².